The van der Waals surface area contributed by atoms with Gasteiger partial charge in [-0.2, -0.15) is 0 Å². The molecule has 1 heterocycles. The fraction of sp³-hybridized carbons (Fsp3) is 0.636. The van der Waals surface area contributed by atoms with Gasteiger partial charge >= 0.3 is 0 Å². The third-order valence-corrected chi connectivity index (χ3v) is 3.13. The average Bonchev–Trinajstić information content (AvgIpc) is 2.20. The molecule has 1 aliphatic heterocycles. The second kappa shape index (κ2) is 8.34. The molecule has 2 N–H and O–H groups in total. The molecular weight excluding hydrogens is 275 g/mol. The predicted molar refractivity (Wildman–Crippen MR) is 64.3 cm³/mol. The van der Waals surface area contributed by atoms with Gasteiger partial charge in [-0.3, -0.25) is 4.48 Å². The molecule has 0 amide bonds. The van der Waals surface area contributed by atoms with Gasteiger partial charge in [0, 0.05) is 6.42 Å². The average molecular weight is 298 g/mol. The predicted octanol–water partition coefficient (Wildman–Crippen LogP) is -0.930. The van der Waals surface area contributed by atoms with Gasteiger partial charge < -0.3 is 22.7 Å². The highest BCUT2D eigenvalue weighted by Crippen LogP contribution is 2.21. The van der Waals surface area contributed by atoms with Crippen LogP contribution in [0.25, 0.3) is 0 Å². The molecular formula is C11H22BrClN2. The molecule has 15 heavy (non-hydrogen) atoms. The van der Waals surface area contributed by atoms with E-state index in [4.69, 9.17) is 5.73 Å². The molecule has 1 unspecified atom stereocenters. The van der Waals surface area contributed by atoms with Crippen molar-refractivity contribution >= 4 is 12.4 Å². The fourth-order valence-corrected chi connectivity index (χ4v) is 2.12. The molecule has 1 aliphatic rings. The van der Waals surface area contributed by atoms with Crippen LogP contribution in [0.4, 0.5) is 0 Å². The lowest BCUT2D eigenvalue weighted by Crippen LogP contribution is -3.00. The molecule has 0 bridgehead atoms. The van der Waals surface area contributed by atoms with Crippen LogP contribution in [0.2, 0.25) is 0 Å². The van der Waals surface area contributed by atoms with Crippen LogP contribution in [0.5, 0.6) is 0 Å². The Morgan fingerprint density at radius 2 is 1.80 bits per heavy atom. The highest BCUT2D eigenvalue weighted by atomic mass is 79.9. The molecule has 0 aromatic rings. The third kappa shape index (κ3) is 3.91. The summed E-state index contributed by atoms with van der Waals surface area (Å²) >= 11 is 0. The third-order valence-electron chi connectivity index (χ3n) is 3.13. The van der Waals surface area contributed by atoms with Crippen LogP contribution in [-0.2, 0) is 0 Å². The lowest BCUT2D eigenvalue weighted by molar-refractivity contribution is -0.895. The maximum Gasteiger partial charge on any atom is 0.113 e. The van der Waals surface area contributed by atoms with Gasteiger partial charge in [-0.1, -0.05) is 6.08 Å². The van der Waals surface area contributed by atoms with Gasteiger partial charge in [-0.25, -0.2) is 0 Å². The van der Waals surface area contributed by atoms with Crippen LogP contribution in [0.3, 0.4) is 0 Å². The molecule has 0 saturated carbocycles. The Kier molecular flexibility index (Phi) is 9.76. The molecule has 1 rings (SSSR count). The first-order chi connectivity index (χ1) is 6.29. The molecule has 1 atom stereocenters. The maximum absolute atomic E-state index is 5.62. The zero-order valence-electron chi connectivity index (χ0n) is 9.53. The standard InChI is InChI=1S/C11H21N2.BrH.ClH/c1-3-13(4-2)10-6-5-7-11(13)8-9-12;;/h5-7,10-11H,3-4,8-9,12H2,1-2H3;2*1H/q+1;;/p-1. The summed E-state index contributed by atoms with van der Waals surface area (Å²) in [5, 5.41) is 0. The summed E-state index contributed by atoms with van der Waals surface area (Å²) in [5.41, 5.74) is 5.62. The van der Waals surface area contributed by atoms with Gasteiger partial charge in [0.1, 0.15) is 6.04 Å². The zero-order valence-corrected chi connectivity index (χ0v) is 11.9. The lowest BCUT2D eigenvalue weighted by Gasteiger charge is -2.40. The van der Waals surface area contributed by atoms with E-state index in [1.165, 1.54) is 0 Å². The van der Waals surface area contributed by atoms with E-state index in [9.17, 15) is 0 Å². The maximum atomic E-state index is 5.62. The Morgan fingerprint density at radius 1 is 1.20 bits per heavy atom. The number of allylic oxidation sites excluding steroid dienone is 2. The van der Waals surface area contributed by atoms with Crippen molar-refractivity contribution in [1.82, 2.24) is 0 Å². The summed E-state index contributed by atoms with van der Waals surface area (Å²) in [4.78, 5) is 0. The first kappa shape index (κ1) is 17.6. The molecule has 0 spiro atoms. The first-order valence-corrected chi connectivity index (χ1v) is 5.21. The van der Waals surface area contributed by atoms with E-state index in [0.717, 1.165) is 30.5 Å². The van der Waals surface area contributed by atoms with E-state index in [-0.39, 0.29) is 29.4 Å². The van der Waals surface area contributed by atoms with E-state index < -0.39 is 0 Å². The van der Waals surface area contributed by atoms with E-state index in [0.29, 0.717) is 6.04 Å². The number of nitrogens with two attached hydrogens (primary N) is 1. The van der Waals surface area contributed by atoms with E-state index in [1.807, 2.05) is 0 Å². The van der Waals surface area contributed by atoms with Gasteiger partial charge in [0.2, 0.25) is 0 Å². The van der Waals surface area contributed by atoms with E-state index in [2.05, 4.69) is 38.3 Å². The molecule has 2 nitrogen and oxygen atoms in total. The molecule has 0 aliphatic carbocycles. The van der Waals surface area contributed by atoms with Crippen LogP contribution in [-0.4, -0.2) is 30.2 Å². The van der Waals surface area contributed by atoms with Crippen molar-refractivity contribution in [2.75, 3.05) is 19.6 Å². The molecule has 90 valence electrons. The van der Waals surface area contributed by atoms with Gasteiger partial charge in [0.05, 0.1) is 19.3 Å². The summed E-state index contributed by atoms with van der Waals surface area (Å²) in [7, 11) is 0. The van der Waals surface area contributed by atoms with E-state index >= 15 is 0 Å². The van der Waals surface area contributed by atoms with Gasteiger partial charge in [-0.15, -0.1) is 12.4 Å². The van der Waals surface area contributed by atoms with Gasteiger partial charge in [0.25, 0.3) is 0 Å². The Balaban J connectivity index is 0. The number of rotatable bonds is 4. The van der Waals surface area contributed by atoms with Crippen molar-refractivity contribution in [2.45, 2.75) is 26.3 Å². The van der Waals surface area contributed by atoms with Crippen molar-refractivity contribution in [2.24, 2.45) is 5.73 Å². The Labute approximate surface area is 110 Å². The minimum Gasteiger partial charge on any atom is -1.00 e. The molecule has 0 aromatic carbocycles. The van der Waals surface area contributed by atoms with Crippen molar-refractivity contribution in [1.29, 1.82) is 0 Å². The molecule has 0 radical (unpaired) electrons. The van der Waals surface area contributed by atoms with Crippen LogP contribution < -0.4 is 22.7 Å². The minimum atomic E-state index is 0. The SMILES string of the molecule is CC[N+]1(CC)C=CC=CC1CCN.Cl.[Br-]. The van der Waals surface area contributed by atoms with Crippen LogP contribution in [0.1, 0.15) is 20.3 Å². The highest BCUT2D eigenvalue weighted by molar-refractivity contribution is 5.85. The number of hydrogen-bond donors (Lipinski definition) is 1. The molecule has 4 heteroatoms. The monoisotopic (exact) mass is 296 g/mol. The van der Waals surface area contributed by atoms with Crippen molar-refractivity contribution < 1.29 is 21.5 Å². The highest BCUT2D eigenvalue weighted by Gasteiger charge is 2.30. The summed E-state index contributed by atoms with van der Waals surface area (Å²) in [6.45, 7) is 7.58. The molecule has 0 aromatic heterocycles. The Hall–Kier alpha value is 0.170. The van der Waals surface area contributed by atoms with Gasteiger partial charge in [-0.05, 0) is 32.5 Å². The summed E-state index contributed by atoms with van der Waals surface area (Å²) in [6.07, 6.45) is 9.98. The number of quaternary nitrogens is 1. The van der Waals surface area contributed by atoms with Crippen molar-refractivity contribution in [3.63, 3.8) is 0 Å². The first-order valence-electron chi connectivity index (χ1n) is 5.21. The largest absolute Gasteiger partial charge is 1.00 e. The summed E-state index contributed by atoms with van der Waals surface area (Å²) in [5.74, 6) is 0. The van der Waals surface area contributed by atoms with Crippen molar-refractivity contribution in [3.8, 4) is 0 Å². The number of hydrogen-bond acceptors (Lipinski definition) is 1. The number of nitrogens with zero attached hydrogens (tertiary/aromatic N) is 1. The molecule has 0 saturated heterocycles. The van der Waals surface area contributed by atoms with E-state index in [1.54, 1.807) is 0 Å². The summed E-state index contributed by atoms with van der Waals surface area (Å²) in [6, 6.07) is 0.588. The van der Waals surface area contributed by atoms with Crippen LogP contribution in [0.15, 0.2) is 24.4 Å². The quantitative estimate of drug-likeness (QED) is 0.667. The van der Waals surface area contributed by atoms with Gasteiger partial charge in [0.15, 0.2) is 0 Å². The topological polar surface area (TPSA) is 26.0 Å². The minimum absolute atomic E-state index is 0. The van der Waals surface area contributed by atoms with Crippen molar-refractivity contribution in [3.05, 3.63) is 24.4 Å². The van der Waals surface area contributed by atoms with Crippen LogP contribution >= 0.6 is 12.4 Å². The molecule has 0 fully saturated rings. The summed E-state index contributed by atoms with van der Waals surface area (Å²) < 4.78 is 1.06. The second-order valence-electron chi connectivity index (χ2n) is 3.61. The van der Waals surface area contributed by atoms with Crippen LogP contribution in [0, 0.1) is 0 Å². The Morgan fingerprint density at radius 3 is 2.27 bits per heavy atom. The smallest absolute Gasteiger partial charge is 0.113 e. The lowest BCUT2D eigenvalue weighted by atomic mass is 10.1. The Bertz CT molecular complexity index is 213. The second-order valence-corrected chi connectivity index (χ2v) is 3.61. The normalized spacial score (nSPS) is 21.7. The number of halogens is 2. The number of likely N-dealkylation sites (N-methyl/N-ethyl adjacent to an activating group) is 1. The zero-order chi connectivity index (χ0) is 9.73. The fourth-order valence-electron chi connectivity index (χ4n) is 2.12.